The maximum absolute atomic E-state index is 15.2. The Hall–Kier alpha value is -3.34. The predicted molar refractivity (Wildman–Crippen MR) is 120 cm³/mol. The van der Waals surface area contributed by atoms with Crippen molar-refractivity contribution in [2.75, 3.05) is 17.3 Å². The molecule has 0 saturated carbocycles. The monoisotopic (exact) mass is 494 g/mol. The van der Waals surface area contributed by atoms with E-state index in [0.717, 1.165) is 30.9 Å². The van der Waals surface area contributed by atoms with E-state index >= 15 is 4.39 Å². The van der Waals surface area contributed by atoms with Crippen LogP contribution in [0.3, 0.4) is 0 Å². The van der Waals surface area contributed by atoms with Crippen LogP contribution in [0.4, 0.5) is 33.5 Å². The second-order valence-electron chi connectivity index (χ2n) is 9.15. The van der Waals surface area contributed by atoms with E-state index in [2.05, 4.69) is 15.3 Å². The number of rotatable bonds is 5. The smallest absolute Gasteiger partial charge is 0.352 e. The molecule has 2 aromatic carbocycles. The van der Waals surface area contributed by atoms with E-state index in [1.54, 1.807) is 0 Å². The van der Waals surface area contributed by atoms with Crippen molar-refractivity contribution in [2.45, 2.75) is 51.2 Å². The van der Waals surface area contributed by atoms with Crippen molar-refractivity contribution in [1.82, 2.24) is 9.97 Å². The summed E-state index contributed by atoms with van der Waals surface area (Å²) in [6.45, 7) is 4.83. The standard InChI is InChI=1S/C24H23F5N4O2/c1-11(13-7-6-8-15(19(13)25)24(28,29)22(3,4)35)30-20-14-9-18-16(10-17(14)31-12(2)32-20)23(26,27)21(34)33(18)5/h6-11,35H,1-5H3,(H,30,31,32). The average Bonchev–Trinajstić information content (AvgIpc) is 2.91. The van der Waals surface area contributed by atoms with Crippen LogP contribution in [0.25, 0.3) is 10.9 Å². The van der Waals surface area contributed by atoms with Gasteiger partial charge in [-0.05, 0) is 45.9 Å². The van der Waals surface area contributed by atoms with Gasteiger partial charge in [0.05, 0.1) is 28.4 Å². The molecule has 35 heavy (non-hydrogen) atoms. The van der Waals surface area contributed by atoms with E-state index in [-0.39, 0.29) is 33.8 Å². The van der Waals surface area contributed by atoms with Gasteiger partial charge in [-0.3, -0.25) is 4.79 Å². The van der Waals surface area contributed by atoms with Crippen molar-refractivity contribution in [3.05, 3.63) is 58.7 Å². The number of nitrogens with one attached hydrogen (secondary N) is 1. The van der Waals surface area contributed by atoms with E-state index in [1.165, 1.54) is 39.1 Å². The highest BCUT2D eigenvalue weighted by Crippen LogP contribution is 2.46. The number of alkyl halides is 4. The summed E-state index contributed by atoms with van der Waals surface area (Å²) in [5, 5.41) is 13.1. The third-order valence-electron chi connectivity index (χ3n) is 6.15. The fourth-order valence-electron chi connectivity index (χ4n) is 4.09. The Labute approximate surface area is 197 Å². The molecule has 3 aromatic rings. The maximum Gasteiger partial charge on any atom is 0.352 e. The Morgan fingerprint density at radius 3 is 2.46 bits per heavy atom. The third kappa shape index (κ3) is 3.78. The molecule has 1 amide bonds. The molecule has 0 bridgehead atoms. The molecule has 0 aliphatic carbocycles. The number of carbonyl (C=O) groups excluding carboxylic acids is 1. The van der Waals surface area contributed by atoms with Gasteiger partial charge in [-0.1, -0.05) is 12.1 Å². The molecule has 1 aromatic heterocycles. The van der Waals surface area contributed by atoms with E-state index in [1.807, 2.05) is 0 Å². The highest BCUT2D eigenvalue weighted by atomic mass is 19.3. The molecule has 2 N–H and O–H groups in total. The summed E-state index contributed by atoms with van der Waals surface area (Å²) in [4.78, 5) is 21.3. The number of benzene rings is 2. The summed E-state index contributed by atoms with van der Waals surface area (Å²) < 4.78 is 73.5. The number of nitrogens with zero attached hydrogens (tertiary/aromatic N) is 3. The number of hydrogen-bond donors (Lipinski definition) is 2. The largest absolute Gasteiger partial charge is 0.384 e. The number of fused-ring (bicyclic) bond motifs is 2. The summed E-state index contributed by atoms with van der Waals surface area (Å²) in [7, 11) is 1.22. The first kappa shape index (κ1) is 24.8. The molecule has 2 heterocycles. The summed E-state index contributed by atoms with van der Waals surface area (Å²) in [6, 6.07) is 5.04. The number of aromatic nitrogens is 2. The normalized spacial score (nSPS) is 16.5. The maximum atomic E-state index is 15.2. The van der Waals surface area contributed by atoms with Crippen LogP contribution < -0.4 is 10.2 Å². The minimum atomic E-state index is -3.87. The molecule has 1 aliphatic heterocycles. The Morgan fingerprint density at radius 1 is 1.17 bits per heavy atom. The fourth-order valence-corrected chi connectivity index (χ4v) is 4.09. The van der Waals surface area contributed by atoms with Crippen LogP contribution in [0.5, 0.6) is 0 Å². The van der Waals surface area contributed by atoms with Crippen LogP contribution in [0.2, 0.25) is 0 Å². The first-order chi connectivity index (χ1) is 16.1. The quantitative estimate of drug-likeness (QED) is 0.478. The van der Waals surface area contributed by atoms with Crippen molar-refractivity contribution in [2.24, 2.45) is 0 Å². The molecular weight excluding hydrogens is 471 g/mol. The summed E-state index contributed by atoms with van der Waals surface area (Å²) in [6.07, 6.45) is 0. The molecule has 1 aliphatic rings. The van der Waals surface area contributed by atoms with Crippen LogP contribution in [0, 0.1) is 12.7 Å². The van der Waals surface area contributed by atoms with Gasteiger partial charge in [-0.25, -0.2) is 14.4 Å². The topological polar surface area (TPSA) is 78.4 Å². The summed E-state index contributed by atoms with van der Waals surface area (Å²) in [5.74, 6) is -9.77. The molecule has 4 rings (SSSR count). The molecular formula is C24H23F5N4O2. The molecule has 0 radical (unpaired) electrons. The zero-order valence-electron chi connectivity index (χ0n) is 19.6. The molecule has 0 spiro atoms. The van der Waals surface area contributed by atoms with Crippen LogP contribution in [0.1, 0.15) is 49.3 Å². The average molecular weight is 494 g/mol. The van der Waals surface area contributed by atoms with Gasteiger partial charge in [0.15, 0.2) is 0 Å². The minimum Gasteiger partial charge on any atom is -0.384 e. The van der Waals surface area contributed by atoms with Crippen molar-refractivity contribution >= 4 is 28.3 Å². The molecule has 186 valence electrons. The number of aryl methyl sites for hydroxylation is 1. The van der Waals surface area contributed by atoms with Gasteiger partial charge in [-0.15, -0.1) is 0 Å². The van der Waals surface area contributed by atoms with Gasteiger partial charge < -0.3 is 15.3 Å². The zero-order valence-corrected chi connectivity index (χ0v) is 19.6. The first-order valence-corrected chi connectivity index (χ1v) is 10.7. The van der Waals surface area contributed by atoms with Crippen molar-refractivity contribution < 1.29 is 31.9 Å². The van der Waals surface area contributed by atoms with E-state index in [9.17, 15) is 27.5 Å². The number of amides is 1. The van der Waals surface area contributed by atoms with E-state index < -0.39 is 46.3 Å². The van der Waals surface area contributed by atoms with Crippen molar-refractivity contribution in [3.63, 3.8) is 0 Å². The summed E-state index contributed by atoms with van der Waals surface area (Å²) in [5.41, 5.74) is -3.95. The lowest BCUT2D eigenvalue weighted by Crippen LogP contribution is -2.41. The van der Waals surface area contributed by atoms with E-state index in [4.69, 9.17) is 0 Å². The highest BCUT2D eigenvalue weighted by Gasteiger charge is 2.52. The number of anilines is 2. The number of likely N-dealkylation sites (N-methyl/N-ethyl adjacent to an activating group) is 1. The van der Waals surface area contributed by atoms with Gasteiger partial charge in [0.1, 0.15) is 23.1 Å². The number of hydrogen-bond acceptors (Lipinski definition) is 5. The Kier molecular flexibility index (Phi) is 5.55. The molecule has 1 atom stereocenters. The van der Waals surface area contributed by atoms with Gasteiger partial charge >= 0.3 is 17.8 Å². The second kappa shape index (κ2) is 7.84. The predicted octanol–water partition coefficient (Wildman–Crippen LogP) is 5.18. The van der Waals surface area contributed by atoms with Crippen molar-refractivity contribution in [1.29, 1.82) is 0 Å². The molecule has 6 nitrogen and oxygen atoms in total. The van der Waals surface area contributed by atoms with Crippen LogP contribution in [-0.4, -0.2) is 33.6 Å². The lowest BCUT2D eigenvalue weighted by atomic mass is 9.91. The second-order valence-corrected chi connectivity index (χ2v) is 9.15. The summed E-state index contributed by atoms with van der Waals surface area (Å²) >= 11 is 0. The Morgan fingerprint density at radius 2 is 1.83 bits per heavy atom. The molecule has 11 heteroatoms. The van der Waals surface area contributed by atoms with Gasteiger partial charge in [0.2, 0.25) is 0 Å². The van der Waals surface area contributed by atoms with Crippen LogP contribution >= 0.6 is 0 Å². The molecule has 0 fully saturated rings. The molecule has 1 unspecified atom stereocenters. The van der Waals surface area contributed by atoms with E-state index in [0.29, 0.717) is 0 Å². The Balaban J connectivity index is 1.79. The van der Waals surface area contributed by atoms with Crippen LogP contribution in [-0.2, 0) is 16.6 Å². The SMILES string of the molecule is Cc1nc(NC(C)c2cccc(C(F)(F)C(C)(C)O)c2F)c2cc3c(cc2n1)C(F)(F)C(=O)N3C. The highest BCUT2D eigenvalue weighted by molar-refractivity contribution is 6.08. The lowest BCUT2D eigenvalue weighted by Gasteiger charge is -2.30. The van der Waals surface area contributed by atoms with Gasteiger partial charge in [0.25, 0.3) is 0 Å². The first-order valence-electron chi connectivity index (χ1n) is 10.7. The van der Waals surface area contributed by atoms with Crippen LogP contribution in [0.15, 0.2) is 30.3 Å². The fraction of sp³-hybridized carbons (Fsp3) is 0.375. The third-order valence-corrected chi connectivity index (χ3v) is 6.15. The van der Waals surface area contributed by atoms with Gasteiger partial charge in [0, 0.05) is 18.0 Å². The zero-order chi connectivity index (χ0) is 26.1. The van der Waals surface area contributed by atoms with Crippen molar-refractivity contribution in [3.8, 4) is 0 Å². The van der Waals surface area contributed by atoms with Gasteiger partial charge in [-0.2, -0.15) is 17.6 Å². The number of aliphatic hydroxyl groups is 1. The number of carbonyl (C=O) groups is 1. The molecule has 0 saturated heterocycles. The Bertz CT molecular complexity index is 1350. The minimum absolute atomic E-state index is 0.0198. The lowest BCUT2D eigenvalue weighted by molar-refractivity contribution is -0.170. The number of halogens is 5.